The second-order valence-electron chi connectivity index (χ2n) is 12.8. The van der Waals surface area contributed by atoms with Crippen LogP contribution in [-0.4, -0.2) is 36.7 Å². The van der Waals surface area contributed by atoms with Crippen LogP contribution < -0.4 is 4.74 Å². The van der Waals surface area contributed by atoms with E-state index in [1.165, 1.54) is 0 Å². The van der Waals surface area contributed by atoms with Crippen molar-refractivity contribution in [2.24, 2.45) is 10.8 Å². The van der Waals surface area contributed by atoms with E-state index in [4.69, 9.17) is 21.1 Å². The first-order valence-electron chi connectivity index (χ1n) is 13.8. The zero-order chi connectivity index (χ0) is 28.8. The molecule has 0 saturated carbocycles. The van der Waals surface area contributed by atoms with Gasteiger partial charge < -0.3 is 14.4 Å². The summed E-state index contributed by atoms with van der Waals surface area (Å²) in [7, 11) is 1.69. The minimum atomic E-state index is -0.478. The second-order valence-corrected chi connectivity index (χ2v) is 14.1. The van der Waals surface area contributed by atoms with E-state index in [2.05, 4.69) is 48.5 Å². The Kier molecular flexibility index (Phi) is 8.08. The number of carbonyl (C=O) groups is 2. The Morgan fingerprint density at radius 1 is 0.900 bits per heavy atom. The number of hydrogen-bond donors (Lipinski definition) is 0. The summed E-state index contributed by atoms with van der Waals surface area (Å²) >= 11 is 9.74. The van der Waals surface area contributed by atoms with E-state index in [0.29, 0.717) is 43.4 Å². The molecule has 212 valence electrons. The smallest absolute Gasteiger partial charge is 0.162 e. The monoisotopic (exact) mass is 625 g/mol. The first-order chi connectivity index (χ1) is 18.9. The summed E-state index contributed by atoms with van der Waals surface area (Å²) in [5.41, 5.74) is 4.99. The third-order valence-corrected chi connectivity index (χ3v) is 8.88. The SMILES string of the molecule is COCCN1C2=C(C(=O)CC(C)(C)C2)C(c2cc(Br)ccc2OCc2ccc(Cl)cc2)C2=C1CC(C)(C)CC2=O. The third kappa shape index (κ3) is 5.81. The molecule has 0 N–H and O–H groups in total. The largest absolute Gasteiger partial charge is 0.489 e. The molecule has 2 aromatic carbocycles. The van der Waals surface area contributed by atoms with Crippen molar-refractivity contribution in [2.45, 2.75) is 65.9 Å². The molecule has 0 atom stereocenters. The van der Waals surface area contributed by atoms with Crippen molar-refractivity contribution in [3.8, 4) is 5.75 Å². The lowest BCUT2D eigenvalue weighted by Gasteiger charge is -2.49. The number of nitrogens with zero attached hydrogens (tertiary/aromatic N) is 1. The number of methoxy groups -OCH3 is 1. The summed E-state index contributed by atoms with van der Waals surface area (Å²) in [4.78, 5) is 30.3. The van der Waals surface area contributed by atoms with Gasteiger partial charge in [0.2, 0.25) is 0 Å². The van der Waals surface area contributed by atoms with Crippen LogP contribution in [0.3, 0.4) is 0 Å². The van der Waals surface area contributed by atoms with Gasteiger partial charge in [-0.1, -0.05) is 67.4 Å². The minimum absolute atomic E-state index is 0.103. The lowest BCUT2D eigenvalue weighted by atomic mass is 9.63. The number of Topliss-reactive ketones (excluding diaryl/α,β-unsaturated/α-hetero) is 2. The molecule has 5 rings (SSSR count). The van der Waals surface area contributed by atoms with Gasteiger partial charge in [0, 0.05) is 70.0 Å². The predicted octanol–water partition coefficient (Wildman–Crippen LogP) is 8.01. The van der Waals surface area contributed by atoms with Crippen LogP contribution in [0.5, 0.6) is 5.75 Å². The van der Waals surface area contributed by atoms with Crippen LogP contribution in [0.25, 0.3) is 0 Å². The maximum absolute atomic E-state index is 14.0. The van der Waals surface area contributed by atoms with Gasteiger partial charge in [-0.05, 0) is 59.6 Å². The number of ketones is 2. The van der Waals surface area contributed by atoms with Gasteiger partial charge in [0.05, 0.1) is 6.61 Å². The molecule has 0 saturated heterocycles. The van der Waals surface area contributed by atoms with Crippen molar-refractivity contribution in [2.75, 3.05) is 20.3 Å². The molecular formula is C33H37BrClNO4. The zero-order valence-electron chi connectivity index (χ0n) is 23.9. The van der Waals surface area contributed by atoms with Crippen LogP contribution in [0.15, 0.2) is 69.5 Å². The topological polar surface area (TPSA) is 55.8 Å². The molecule has 5 nitrogen and oxygen atoms in total. The quantitative estimate of drug-likeness (QED) is 0.312. The lowest BCUT2D eigenvalue weighted by Crippen LogP contribution is -2.45. The van der Waals surface area contributed by atoms with E-state index in [-0.39, 0.29) is 22.4 Å². The fraction of sp³-hybridized carbons (Fsp3) is 0.455. The van der Waals surface area contributed by atoms with Crippen LogP contribution >= 0.6 is 27.5 Å². The molecule has 0 spiro atoms. The fourth-order valence-electron chi connectivity index (χ4n) is 6.43. The van der Waals surface area contributed by atoms with Gasteiger partial charge >= 0.3 is 0 Å². The molecule has 0 bridgehead atoms. The van der Waals surface area contributed by atoms with Gasteiger partial charge in [0.1, 0.15) is 12.4 Å². The van der Waals surface area contributed by atoms with E-state index in [1.807, 2.05) is 42.5 Å². The van der Waals surface area contributed by atoms with Crippen molar-refractivity contribution in [1.29, 1.82) is 0 Å². The summed E-state index contributed by atoms with van der Waals surface area (Å²) in [6, 6.07) is 13.5. The lowest BCUT2D eigenvalue weighted by molar-refractivity contribution is -0.119. The number of halogens is 2. The number of ether oxygens (including phenoxy) is 2. The van der Waals surface area contributed by atoms with E-state index in [1.54, 1.807) is 7.11 Å². The first-order valence-corrected chi connectivity index (χ1v) is 15.0. The highest BCUT2D eigenvalue weighted by atomic mass is 79.9. The molecule has 2 aliphatic carbocycles. The molecule has 0 fully saturated rings. The number of rotatable bonds is 7. The summed E-state index contributed by atoms with van der Waals surface area (Å²) in [6.07, 6.45) is 2.40. The Balaban J connectivity index is 1.69. The van der Waals surface area contributed by atoms with Gasteiger partial charge in [-0.2, -0.15) is 0 Å². The molecule has 0 amide bonds. The van der Waals surface area contributed by atoms with Crippen LogP contribution in [-0.2, 0) is 20.9 Å². The molecule has 7 heteroatoms. The first kappa shape index (κ1) is 29.1. The molecule has 0 aromatic heterocycles. The standard InChI is InChI=1S/C33H37BrClNO4/c1-32(2)15-24-30(26(37)17-32)29(31-25(36(24)12-13-39-5)16-33(3,4)18-27(31)38)23-14-21(34)8-11-28(23)40-19-20-6-9-22(35)10-7-20/h6-11,14,29H,12-13,15-19H2,1-5H3. The Morgan fingerprint density at radius 2 is 1.48 bits per heavy atom. The molecule has 3 aliphatic rings. The summed E-state index contributed by atoms with van der Waals surface area (Å²) in [5, 5.41) is 0.671. The van der Waals surface area contributed by atoms with Crippen molar-refractivity contribution in [3.63, 3.8) is 0 Å². The summed E-state index contributed by atoms with van der Waals surface area (Å²) in [6.45, 7) is 10.1. The van der Waals surface area contributed by atoms with Gasteiger partial charge in [-0.15, -0.1) is 0 Å². The molecule has 2 aromatic rings. The molecule has 1 aliphatic heterocycles. The van der Waals surface area contributed by atoms with Crippen molar-refractivity contribution in [3.05, 3.63) is 85.6 Å². The van der Waals surface area contributed by atoms with Gasteiger partial charge in [-0.25, -0.2) is 0 Å². The molecule has 40 heavy (non-hydrogen) atoms. The highest BCUT2D eigenvalue weighted by molar-refractivity contribution is 9.10. The highest BCUT2D eigenvalue weighted by Gasteiger charge is 2.49. The highest BCUT2D eigenvalue weighted by Crippen LogP contribution is 2.55. The summed E-state index contributed by atoms with van der Waals surface area (Å²) < 4.78 is 12.8. The Morgan fingerprint density at radius 3 is 2.02 bits per heavy atom. The minimum Gasteiger partial charge on any atom is -0.489 e. The predicted molar refractivity (Wildman–Crippen MR) is 161 cm³/mol. The van der Waals surface area contributed by atoms with Crippen molar-refractivity contribution in [1.82, 2.24) is 4.90 Å². The second kappa shape index (κ2) is 11.1. The van der Waals surface area contributed by atoms with E-state index >= 15 is 0 Å². The van der Waals surface area contributed by atoms with Gasteiger partial charge in [-0.3, -0.25) is 9.59 Å². The fourth-order valence-corrected chi connectivity index (χ4v) is 6.93. The van der Waals surface area contributed by atoms with E-state index < -0.39 is 5.92 Å². The molecule has 1 heterocycles. The summed E-state index contributed by atoms with van der Waals surface area (Å²) in [5.74, 6) is 0.397. The normalized spacial score (nSPS) is 20.5. The third-order valence-electron chi connectivity index (χ3n) is 8.13. The van der Waals surface area contributed by atoms with Crippen LogP contribution in [0.1, 0.15) is 70.4 Å². The maximum Gasteiger partial charge on any atom is 0.162 e. The average Bonchev–Trinajstić information content (AvgIpc) is 2.86. The number of allylic oxidation sites excluding steroid dienone is 4. The Bertz CT molecular complexity index is 1350. The zero-order valence-corrected chi connectivity index (χ0v) is 26.2. The van der Waals surface area contributed by atoms with Gasteiger partial charge in [0.25, 0.3) is 0 Å². The molecular weight excluding hydrogens is 590 g/mol. The van der Waals surface area contributed by atoms with Crippen molar-refractivity contribution < 1.29 is 19.1 Å². The average molecular weight is 627 g/mol. The van der Waals surface area contributed by atoms with Gasteiger partial charge in [0.15, 0.2) is 11.6 Å². The van der Waals surface area contributed by atoms with Crippen molar-refractivity contribution >= 4 is 39.1 Å². The molecule has 0 unspecified atom stereocenters. The number of carbonyl (C=O) groups excluding carboxylic acids is 2. The molecule has 0 radical (unpaired) electrons. The van der Waals surface area contributed by atoms with Crippen LogP contribution in [0.2, 0.25) is 5.02 Å². The van der Waals surface area contributed by atoms with E-state index in [9.17, 15) is 9.59 Å². The maximum atomic E-state index is 14.0. The number of benzene rings is 2. The number of hydrogen-bond acceptors (Lipinski definition) is 5. The van der Waals surface area contributed by atoms with Crippen LogP contribution in [0, 0.1) is 10.8 Å². The van der Waals surface area contributed by atoms with E-state index in [0.717, 1.165) is 51.0 Å². The Hall–Kier alpha value is -2.41. The van der Waals surface area contributed by atoms with Crippen LogP contribution in [0.4, 0.5) is 0 Å². The Labute approximate surface area is 250 Å².